The van der Waals surface area contributed by atoms with Gasteiger partial charge in [0.15, 0.2) is 0 Å². The second kappa shape index (κ2) is 6.24. The van der Waals surface area contributed by atoms with Crippen LogP contribution in [0.3, 0.4) is 0 Å². The highest BCUT2D eigenvalue weighted by Crippen LogP contribution is 2.26. The number of amides is 1. The second-order valence-corrected chi connectivity index (χ2v) is 5.34. The van der Waals surface area contributed by atoms with Gasteiger partial charge in [0.1, 0.15) is 0 Å². The van der Waals surface area contributed by atoms with E-state index in [2.05, 4.69) is 12.2 Å². The van der Waals surface area contributed by atoms with Gasteiger partial charge in [-0.05, 0) is 32.6 Å². The smallest absolute Gasteiger partial charge is 0.224 e. The van der Waals surface area contributed by atoms with Crippen LogP contribution in [0.25, 0.3) is 0 Å². The number of rotatable bonds is 4. The molecule has 3 nitrogen and oxygen atoms in total. The lowest BCUT2D eigenvalue weighted by Gasteiger charge is -2.29. The summed E-state index contributed by atoms with van der Waals surface area (Å²) >= 11 is 0. The lowest BCUT2D eigenvalue weighted by molar-refractivity contribution is -0.126. The molecule has 2 unspecified atom stereocenters. The molecule has 0 saturated heterocycles. The molecule has 1 aliphatic carbocycles. The molecule has 3 heteroatoms. The molecule has 3 atom stereocenters. The third kappa shape index (κ3) is 3.78. The fourth-order valence-electron chi connectivity index (χ4n) is 2.35. The van der Waals surface area contributed by atoms with Crippen LogP contribution in [0.2, 0.25) is 0 Å². The van der Waals surface area contributed by atoms with E-state index in [1.165, 1.54) is 32.1 Å². The number of carbonyl (C=O) groups excluding carboxylic acids is 1. The van der Waals surface area contributed by atoms with Crippen LogP contribution in [0.1, 0.15) is 52.9 Å². The summed E-state index contributed by atoms with van der Waals surface area (Å²) in [5.41, 5.74) is 5.73. The van der Waals surface area contributed by atoms with Crippen LogP contribution < -0.4 is 11.1 Å². The Morgan fingerprint density at radius 2 is 1.75 bits per heavy atom. The molecule has 0 bridgehead atoms. The number of hydrogen-bond donors (Lipinski definition) is 2. The van der Waals surface area contributed by atoms with Crippen molar-refractivity contribution < 1.29 is 4.79 Å². The predicted molar refractivity (Wildman–Crippen MR) is 67.0 cm³/mol. The van der Waals surface area contributed by atoms with Gasteiger partial charge in [0.05, 0.1) is 0 Å². The van der Waals surface area contributed by atoms with Gasteiger partial charge in [0, 0.05) is 18.0 Å². The van der Waals surface area contributed by atoms with Crippen LogP contribution in [0.15, 0.2) is 0 Å². The van der Waals surface area contributed by atoms with Crippen LogP contribution in [0.5, 0.6) is 0 Å². The monoisotopic (exact) mass is 226 g/mol. The minimum absolute atomic E-state index is 0.0708. The third-order valence-electron chi connectivity index (χ3n) is 3.93. The van der Waals surface area contributed by atoms with E-state index in [1.807, 2.05) is 13.8 Å². The maximum atomic E-state index is 11.8. The van der Waals surface area contributed by atoms with Gasteiger partial charge >= 0.3 is 0 Å². The number of nitrogens with two attached hydrogens (primary N) is 1. The number of nitrogens with one attached hydrogen (secondary N) is 1. The SMILES string of the molecule is CC(N)C(C)C(=O)N[C@@H](C)C1CCCCC1. The van der Waals surface area contributed by atoms with Crippen molar-refractivity contribution in [3.8, 4) is 0 Å². The number of hydrogen-bond acceptors (Lipinski definition) is 2. The molecule has 16 heavy (non-hydrogen) atoms. The van der Waals surface area contributed by atoms with Crippen molar-refractivity contribution in [3.05, 3.63) is 0 Å². The van der Waals surface area contributed by atoms with Gasteiger partial charge in [-0.3, -0.25) is 4.79 Å². The minimum atomic E-state index is -0.0916. The summed E-state index contributed by atoms with van der Waals surface area (Å²) in [6, 6.07) is 0.229. The molecule has 0 aliphatic heterocycles. The first-order chi connectivity index (χ1) is 7.52. The first kappa shape index (κ1) is 13.5. The maximum absolute atomic E-state index is 11.8. The van der Waals surface area contributed by atoms with Gasteiger partial charge in [-0.1, -0.05) is 26.2 Å². The molecule has 1 saturated carbocycles. The van der Waals surface area contributed by atoms with Crippen LogP contribution in [-0.4, -0.2) is 18.0 Å². The molecule has 0 aromatic carbocycles. The quantitative estimate of drug-likeness (QED) is 0.771. The molecule has 0 aromatic heterocycles. The first-order valence-corrected chi connectivity index (χ1v) is 6.58. The predicted octanol–water partition coefficient (Wildman–Crippen LogP) is 2.05. The van der Waals surface area contributed by atoms with E-state index in [9.17, 15) is 4.79 Å². The minimum Gasteiger partial charge on any atom is -0.353 e. The van der Waals surface area contributed by atoms with Crippen LogP contribution in [-0.2, 0) is 4.79 Å². The number of carbonyl (C=O) groups is 1. The lowest BCUT2D eigenvalue weighted by Crippen LogP contribution is -2.45. The van der Waals surface area contributed by atoms with Gasteiger partial charge < -0.3 is 11.1 Å². The summed E-state index contributed by atoms with van der Waals surface area (Å²) < 4.78 is 0. The van der Waals surface area contributed by atoms with Gasteiger partial charge in [-0.25, -0.2) is 0 Å². The Bertz CT molecular complexity index is 222. The molecule has 1 fully saturated rings. The van der Waals surface area contributed by atoms with Crippen LogP contribution >= 0.6 is 0 Å². The van der Waals surface area contributed by atoms with Crippen molar-refractivity contribution in [3.63, 3.8) is 0 Å². The molecule has 0 heterocycles. The van der Waals surface area contributed by atoms with Gasteiger partial charge in [0.2, 0.25) is 5.91 Å². The molecule has 0 aromatic rings. The molecular weight excluding hydrogens is 200 g/mol. The largest absolute Gasteiger partial charge is 0.353 e. The summed E-state index contributed by atoms with van der Waals surface area (Å²) in [5, 5.41) is 3.11. The Hall–Kier alpha value is -0.570. The highest BCUT2D eigenvalue weighted by atomic mass is 16.1. The van der Waals surface area contributed by atoms with Crippen molar-refractivity contribution in [2.24, 2.45) is 17.6 Å². The Kier molecular flexibility index (Phi) is 5.26. The molecule has 3 N–H and O–H groups in total. The molecule has 0 radical (unpaired) electrons. The Balaban J connectivity index is 2.37. The second-order valence-electron chi connectivity index (χ2n) is 5.34. The average Bonchev–Trinajstić information content (AvgIpc) is 2.28. The zero-order chi connectivity index (χ0) is 12.1. The summed E-state index contributed by atoms with van der Waals surface area (Å²) in [4.78, 5) is 11.8. The summed E-state index contributed by atoms with van der Waals surface area (Å²) in [7, 11) is 0. The van der Waals surface area contributed by atoms with Crippen molar-refractivity contribution in [1.82, 2.24) is 5.32 Å². The average molecular weight is 226 g/mol. The summed E-state index contributed by atoms with van der Waals surface area (Å²) in [5.74, 6) is 0.678. The van der Waals surface area contributed by atoms with Crippen LogP contribution in [0, 0.1) is 11.8 Å². The zero-order valence-electron chi connectivity index (χ0n) is 10.8. The molecule has 1 aliphatic rings. The maximum Gasteiger partial charge on any atom is 0.224 e. The van der Waals surface area contributed by atoms with Gasteiger partial charge in [-0.2, -0.15) is 0 Å². The van der Waals surface area contributed by atoms with Crippen LogP contribution in [0.4, 0.5) is 0 Å². The van der Waals surface area contributed by atoms with Crippen molar-refractivity contribution in [1.29, 1.82) is 0 Å². The Labute approximate surface area is 99.2 Å². The van der Waals surface area contributed by atoms with Crippen molar-refractivity contribution >= 4 is 5.91 Å². The zero-order valence-corrected chi connectivity index (χ0v) is 10.8. The van der Waals surface area contributed by atoms with Gasteiger partial charge in [0.25, 0.3) is 0 Å². The summed E-state index contributed by atoms with van der Waals surface area (Å²) in [6.07, 6.45) is 6.50. The standard InChI is InChI=1S/C13H26N2O/c1-9(10(2)14)13(16)15-11(3)12-7-5-4-6-8-12/h9-12H,4-8,14H2,1-3H3,(H,15,16)/t9?,10?,11-/m0/s1. The first-order valence-electron chi connectivity index (χ1n) is 6.58. The van der Waals surface area contributed by atoms with Crippen molar-refractivity contribution in [2.75, 3.05) is 0 Å². The summed E-state index contributed by atoms with van der Waals surface area (Å²) in [6.45, 7) is 5.91. The van der Waals surface area contributed by atoms with E-state index in [-0.39, 0.29) is 17.9 Å². The van der Waals surface area contributed by atoms with E-state index in [0.717, 1.165) is 0 Å². The Morgan fingerprint density at radius 3 is 2.25 bits per heavy atom. The van der Waals surface area contributed by atoms with E-state index in [0.29, 0.717) is 12.0 Å². The highest BCUT2D eigenvalue weighted by molar-refractivity contribution is 5.79. The molecule has 1 rings (SSSR count). The van der Waals surface area contributed by atoms with E-state index in [4.69, 9.17) is 5.73 Å². The highest BCUT2D eigenvalue weighted by Gasteiger charge is 2.24. The van der Waals surface area contributed by atoms with Crippen molar-refractivity contribution in [2.45, 2.75) is 65.0 Å². The van der Waals surface area contributed by atoms with E-state index in [1.54, 1.807) is 0 Å². The normalized spacial score (nSPS) is 23.5. The fraction of sp³-hybridized carbons (Fsp3) is 0.923. The molecule has 94 valence electrons. The van der Waals surface area contributed by atoms with Gasteiger partial charge in [-0.15, -0.1) is 0 Å². The topological polar surface area (TPSA) is 55.1 Å². The molecule has 1 amide bonds. The van der Waals surface area contributed by atoms with E-state index < -0.39 is 0 Å². The van der Waals surface area contributed by atoms with E-state index >= 15 is 0 Å². The third-order valence-corrected chi connectivity index (χ3v) is 3.93. The fourth-order valence-corrected chi connectivity index (χ4v) is 2.35. The molecular formula is C13H26N2O. The molecule has 0 spiro atoms. The lowest BCUT2D eigenvalue weighted by atomic mass is 9.84. The Morgan fingerprint density at radius 1 is 1.19 bits per heavy atom.